The number of carbonyl (C=O) groups is 1. The number of halogens is 1. The van der Waals surface area contributed by atoms with E-state index < -0.39 is 0 Å². The van der Waals surface area contributed by atoms with E-state index >= 15 is 0 Å². The normalized spacial score (nSPS) is 18.8. The van der Waals surface area contributed by atoms with E-state index in [1.54, 1.807) is 6.07 Å². The van der Waals surface area contributed by atoms with Crippen molar-refractivity contribution in [2.75, 3.05) is 0 Å². The third kappa shape index (κ3) is 3.98. The van der Waals surface area contributed by atoms with Gasteiger partial charge in [-0.05, 0) is 38.3 Å². The van der Waals surface area contributed by atoms with E-state index in [0.717, 1.165) is 19.3 Å². The van der Waals surface area contributed by atoms with Gasteiger partial charge in [0.2, 0.25) is 0 Å². The zero-order valence-electron chi connectivity index (χ0n) is 12.6. The maximum absolute atomic E-state index is 12.4. The van der Waals surface area contributed by atoms with Crippen LogP contribution in [-0.2, 0) is 6.42 Å². The molecule has 0 aromatic heterocycles. The van der Waals surface area contributed by atoms with Crippen LogP contribution < -0.4 is 5.32 Å². The number of unbranched alkanes of at least 4 members (excludes halogenated alkanes) is 1. The molecule has 1 aromatic rings. The fourth-order valence-electron chi connectivity index (χ4n) is 2.81. The van der Waals surface area contributed by atoms with Gasteiger partial charge in [0.05, 0.1) is 6.04 Å². The zero-order valence-corrected chi connectivity index (χ0v) is 14.3. The van der Waals surface area contributed by atoms with E-state index in [1.165, 1.54) is 6.07 Å². The minimum Gasteiger partial charge on any atom is -0.504 e. The summed E-state index contributed by atoms with van der Waals surface area (Å²) in [6, 6.07) is 3.13. The van der Waals surface area contributed by atoms with Crippen molar-refractivity contribution in [2.24, 2.45) is 0 Å². The standard InChI is InChI=1S/C16H23NO3.BrH/c1-3-4-5-10(2)17-13-8-6-12-11(15(13)19)7-9-14(18)16(12)20;/h7,9-10,13,17-18,20H,3-6,8H2,1-2H3;1H. The van der Waals surface area contributed by atoms with Gasteiger partial charge in [0.1, 0.15) is 0 Å². The molecule has 0 fully saturated rings. The molecule has 3 N–H and O–H groups in total. The second-order valence-corrected chi connectivity index (χ2v) is 5.62. The number of hydrogen-bond donors (Lipinski definition) is 3. The number of phenols is 2. The summed E-state index contributed by atoms with van der Waals surface area (Å²) in [4.78, 5) is 12.4. The van der Waals surface area contributed by atoms with E-state index in [4.69, 9.17) is 0 Å². The Morgan fingerprint density at radius 2 is 2.10 bits per heavy atom. The summed E-state index contributed by atoms with van der Waals surface area (Å²) in [6.07, 6.45) is 4.65. The monoisotopic (exact) mass is 357 g/mol. The van der Waals surface area contributed by atoms with Crippen LogP contribution in [0.5, 0.6) is 11.5 Å². The number of carbonyl (C=O) groups excluding carboxylic acids is 1. The summed E-state index contributed by atoms with van der Waals surface area (Å²) >= 11 is 0. The molecule has 1 aromatic carbocycles. The van der Waals surface area contributed by atoms with Crippen LogP contribution >= 0.6 is 17.0 Å². The van der Waals surface area contributed by atoms with E-state index in [2.05, 4.69) is 19.2 Å². The average molecular weight is 358 g/mol. The van der Waals surface area contributed by atoms with Gasteiger partial charge in [-0.3, -0.25) is 4.79 Å². The summed E-state index contributed by atoms with van der Waals surface area (Å²) in [6.45, 7) is 4.26. The van der Waals surface area contributed by atoms with Crippen molar-refractivity contribution >= 4 is 22.8 Å². The van der Waals surface area contributed by atoms with Gasteiger partial charge in [0, 0.05) is 17.2 Å². The summed E-state index contributed by atoms with van der Waals surface area (Å²) in [7, 11) is 0. The smallest absolute Gasteiger partial charge is 0.180 e. The van der Waals surface area contributed by atoms with Gasteiger partial charge in [-0.2, -0.15) is 0 Å². The SMILES string of the molecule is Br.CCCCC(C)NC1CCc2c(ccc(O)c2O)C1=O. The maximum Gasteiger partial charge on any atom is 0.180 e. The molecule has 0 saturated carbocycles. The number of ketones is 1. The molecule has 2 rings (SSSR count). The lowest BCUT2D eigenvalue weighted by Crippen LogP contribution is -2.44. The van der Waals surface area contributed by atoms with Crippen molar-refractivity contribution in [1.29, 1.82) is 0 Å². The molecule has 1 aliphatic rings. The highest BCUT2D eigenvalue weighted by molar-refractivity contribution is 8.93. The molecule has 5 heteroatoms. The highest BCUT2D eigenvalue weighted by Crippen LogP contribution is 2.35. The molecule has 0 spiro atoms. The molecule has 0 bridgehead atoms. The van der Waals surface area contributed by atoms with E-state index in [-0.39, 0.29) is 40.3 Å². The third-order valence-corrected chi connectivity index (χ3v) is 4.00. The van der Waals surface area contributed by atoms with Gasteiger partial charge >= 0.3 is 0 Å². The molecule has 0 amide bonds. The predicted octanol–water partition coefficient (Wildman–Crippen LogP) is 3.34. The van der Waals surface area contributed by atoms with Crippen molar-refractivity contribution in [3.63, 3.8) is 0 Å². The summed E-state index contributed by atoms with van der Waals surface area (Å²) in [5.41, 5.74) is 1.11. The van der Waals surface area contributed by atoms with Crippen LogP contribution in [0.2, 0.25) is 0 Å². The molecule has 1 aliphatic carbocycles. The summed E-state index contributed by atoms with van der Waals surface area (Å²) in [5.74, 6) is -0.280. The number of nitrogens with one attached hydrogen (secondary N) is 1. The number of aromatic hydroxyl groups is 2. The minimum atomic E-state index is -0.182. The second kappa shape index (κ2) is 7.80. The van der Waals surface area contributed by atoms with E-state index in [0.29, 0.717) is 30.0 Å². The largest absolute Gasteiger partial charge is 0.504 e. The predicted molar refractivity (Wildman–Crippen MR) is 88.7 cm³/mol. The lowest BCUT2D eigenvalue weighted by Gasteiger charge is -2.27. The highest BCUT2D eigenvalue weighted by atomic mass is 79.9. The Morgan fingerprint density at radius 3 is 2.76 bits per heavy atom. The lowest BCUT2D eigenvalue weighted by molar-refractivity contribution is 0.0919. The average Bonchev–Trinajstić information content (AvgIpc) is 2.43. The Hall–Kier alpha value is -1.07. The highest BCUT2D eigenvalue weighted by Gasteiger charge is 2.30. The van der Waals surface area contributed by atoms with Gasteiger partial charge < -0.3 is 15.5 Å². The first kappa shape index (κ1) is 18.0. The second-order valence-electron chi connectivity index (χ2n) is 5.62. The third-order valence-electron chi connectivity index (χ3n) is 4.00. The molecule has 0 aliphatic heterocycles. The topological polar surface area (TPSA) is 69.6 Å². The van der Waals surface area contributed by atoms with Crippen LogP contribution in [0.25, 0.3) is 0 Å². The molecule has 0 heterocycles. The van der Waals surface area contributed by atoms with Crippen LogP contribution in [0.15, 0.2) is 12.1 Å². The van der Waals surface area contributed by atoms with Crippen LogP contribution in [0.1, 0.15) is 55.5 Å². The van der Waals surface area contributed by atoms with Crippen molar-refractivity contribution in [3.05, 3.63) is 23.3 Å². The fourth-order valence-corrected chi connectivity index (χ4v) is 2.81. The Morgan fingerprint density at radius 1 is 1.38 bits per heavy atom. The molecule has 118 valence electrons. The number of fused-ring (bicyclic) bond motifs is 1. The first-order valence-electron chi connectivity index (χ1n) is 7.38. The Balaban J connectivity index is 0.00000220. The summed E-state index contributed by atoms with van der Waals surface area (Å²) < 4.78 is 0. The van der Waals surface area contributed by atoms with E-state index in [9.17, 15) is 15.0 Å². The summed E-state index contributed by atoms with van der Waals surface area (Å²) in [5, 5.41) is 22.7. The minimum absolute atomic E-state index is 0. The molecule has 4 nitrogen and oxygen atoms in total. The van der Waals surface area contributed by atoms with Crippen LogP contribution in [0, 0.1) is 0 Å². The number of hydrogen-bond acceptors (Lipinski definition) is 4. The van der Waals surface area contributed by atoms with Crippen LogP contribution in [-0.4, -0.2) is 28.1 Å². The Labute approximate surface area is 136 Å². The number of phenolic OH excluding ortho intramolecular Hbond substituents is 2. The van der Waals surface area contributed by atoms with Gasteiger partial charge in [-0.1, -0.05) is 19.8 Å². The van der Waals surface area contributed by atoms with Gasteiger partial charge in [0.25, 0.3) is 0 Å². The van der Waals surface area contributed by atoms with E-state index in [1.807, 2.05) is 0 Å². The number of rotatable bonds is 5. The molecule has 21 heavy (non-hydrogen) atoms. The van der Waals surface area contributed by atoms with Crippen LogP contribution in [0.4, 0.5) is 0 Å². The first-order valence-corrected chi connectivity index (χ1v) is 7.38. The Kier molecular flexibility index (Phi) is 6.68. The number of Topliss-reactive ketones (excluding diaryl/α,β-unsaturated/α-hetero) is 1. The molecule has 2 unspecified atom stereocenters. The molecular weight excluding hydrogens is 334 g/mol. The molecule has 2 atom stereocenters. The Bertz CT molecular complexity index is 505. The fraction of sp³-hybridized carbons (Fsp3) is 0.562. The number of benzene rings is 1. The van der Waals surface area contributed by atoms with Gasteiger partial charge in [-0.25, -0.2) is 0 Å². The van der Waals surface area contributed by atoms with Crippen molar-refractivity contribution in [1.82, 2.24) is 5.32 Å². The quantitative estimate of drug-likeness (QED) is 0.706. The molecule has 0 saturated heterocycles. The maximum atomic E-state index is 12.4. The lowest BCUT2D eigenvalue weighted by atomic mass is 9.86. The van der Waals surface area contributed by atoms with Gasteiger partial charge in [0.15, 0.2) is 17.3 Å². The molecule has 0 radical (unpaired) electrons. The van der Waals surface area contributed by atoms with Crippen molar-refractivity contribution < 1.29 is 15.0 Å². The van der Waals surface area contributed by atoms with Crippen LogP contribution in [0.3, 0.4) is 0 Å². The van der Waals surface area contributed by atoms with Crippen molar-refractivity contribution in [2.45, 2.75) is 58.0 Å². The van der Waals surface area contributed by atoms with Crippen molar-refractivity contribution in [3.8, 4) is 11.5 Å². The molecular formula is C16H24BrNO3. The van der Waals surface area contributed by atoms with Gasteiger partial charge in [-0.15, -0.1) is 17.0 Å². The first-order chi connectivity index (χ1) is 9.54. The zero-order chi connectivity index (χ0) is 14.7.